The van der Waals surface area contributed by atoms with Crippen molar-refractivity contribution in [2.45, 2.75) is 6.04 Å². The minimum absolute atomic E-state index is 0.0480. The van der Waals surface area contributed by atoms with E-state index in [1.54, 1.807) is 48.5 Å². The molecule has 0 saturated carbocycles. The van der Waals surface area contributed by atoms with Crippen LogP contribution in [0, 0.1) is 0 Å². The summed E-state index contributed by atoms with van der Waals surface area (Å²) in [4.78, 5) is 26.9. The molecule has 1 atom stereocenters. The number of carbonyl (C=O) groups excluding carboxylic acids is 2. The number of nitrogens with zero attached hydrogens (tertiary/aromatic N) is 1. The Morgan fingerprint density at radius 3 is 2.37 bits per heavy atom. The maximum Gasteiger partial charge on any atom is 0.295 e. The third kappa shape index (κ3) is 3.44. The number of benzene rings is 2. The van der Waals surface area contributed by atoms with Crippen LogP contribution in [0.25, 0.3) is 5.76 Å². The third-order valence-electron chi connectivity index (χ3n) is 4.56. The van der Waals surface area contributed by atoms with Gasteiger partial charge in [-0.25, -0.2) is 0 Å². The Morgan fingerprint density at radius 2 is 1.70 bits per heavy atom. The van der Waals surface area contributed by atoms with Gasteiger partial charge < -0.3 is 19.5 Å². The van der Waals surface area contributed by atoms with Crippen LogP contribution in [0.5, 0.6) is 5.75 Å². The van der Waals surface area contributed by atoms with Gasteiger partial charge in [-0.15, -0.1) is 0 Å². The van der Waals surface area contributed by atoms with E-state index in [-0.39, 0.29) is 24.5 Å². The van der Waals surface area contributed by atoms with E-state index in [0.717, 1.165) is 0 Å². The molecule has 6 heteroatoms. The van der Waals surface area contributed by atoms with Gasteiger partial charge in [0, 0.05) is 24.8 Å². The summed E-state index contributed by atoms with van der Waals surface area (Å²) in [6.07, 6.45) is 0. The Hall–Kier alpha value is -3.12. The zero-order valence-electron chi connectivity index (χ0n) is 15.2. The normalized spacial score (nSPS) is 18.7. The number of ether oxygens (including phenoxy) is 2. The number of likely N-dealkylation sites (tertiary alicyclic amines) is 1. The molecule has 0 bridgehead atoms. The number of aliphatic hydroxyl groups excluding tert-OH is 1. The smallest absolute Gasteiger partial charge is 0.295 e. The van der Waals surface area contributed by atoms with E-state index in [0.29, 0.717) is 16.9 Å². The van der Waals surface area contributed by atoms with E-state index in [1.807, 2.05) is 6.07 Å². The highest BCUT2D eigenvalue weighted by molar-refractivity contribution is 6.46. The molecule has 1 amide bonds. The highest BCUT2D eigenvalue weighted by Gasteiger charge is 2.46. The molecule has 1 saturated heterocycles. The van der Waals surface area contributed by atoms with Crippen molar-refractivity contribution in [3.63, 3.8) is 0 Å². The summed E-state index contributed by atoms with van der Waals surface area (Å²) in [5.41, 5.74) is 1.15. The molecule has 0 aliphatic carbocycles. The number of amides is 1. The largest absolute Gasteiger partial charge is 0.507 e. The second-order valence-corrected chi connectivity index (χ2v) is 6.09. The second kappa shape index (κ2) is 8.05. The van der Waals surface area contributed by atoms with E-state index in [9.17, 15) is 14.7 Å². The van der Waals surface area contributed by atoms with Gasteiger partial charge in [0.15, 0.2) is 0 Å². The Bertz CT molecular complexity index is 875. The molecule has 1 N–H and O–H groups in total. The predicted octanol–water partition coefficient (Wildman–Crippen LogP) is 2.76. The lowest BCUT2D eigenvalue weighted by molar-refractivity contribution is -0.140. The average molecular weight is 367 g/mol. The van der Waals surface area contributed by atoms with Crippen molar-refractivity contribution in [2.24, 2.45) is 0 Å². The maximum atomic E-state index is 12.8. The van der Waals surface area contributed by atoms with Gasteiger partial charge in [-0.05, 0) is 6.07 Å². The lowest BCUT2D eigenvalue weighted by Crippen LogP contribution is -2.32. The first-order valence-electron chi connectivity index (χ1n) is 8.55. The van der Waals surface area contributed by atoms with E-state index >= 15 is 0 Å². The first-order valence-corrected chi connectivity index (χ1v) is 8.55. The first kappa shape index (κ1) is 18.7. The van der Waals surface area contributed by atoms with E-state index in [1.165, 1.54) is 19.1 Å². The number of ketones is 1. The van der Waals surface area contributed by atoms with Gasteiger partial charge in [-0.2, -0.15) is 0 Å². The number of Topliss-reactive ketones (excluding diaryl/α,β-unsaturated/α-hetero) is 1. The molecule has 1 heterocycles. The van der Waals surface area contributed by atoms with Crippen LogP contribution < -0.4 is 4.74 Å². The molecule has 2 aromatic rings. The van der Waals surface area contributed by atoms with Crippen molar-refractivity contribution in [3.05, 3.63) is 71.3 Å². The molecule has 1 aliphatic heterocycles. The van der Waals surface area contributed by atoms with Gasteiger partial charge in [0.05, 0.1) is 25.3 Å². The van der Waals surface area contributed by atoms with Gasteiger partial charge in [0.1, 0.15) is 11.5 Å². The Kier molecular flexibility index (Phi) is 5.57. The van der Waals surface area contributed by atoms with Crippen LogP contribution in [-0.4, -0.2) is 49.1 Å². The maximum absolute atomic E-state index is 12.8. The fraction of sp³-hybridized carbons (Fsp3) is 0.238. The molecule has 6 nitrogen and oxygen atoms in total. The first-order chi connectivity index (χ1) is 13.1. The summed E-state index contributed by atoms with van der Waals surface area (Å²) in [6, 6.07) is 15.1. The summed E-state index contributed by atoms with van der Waals surface area (Å²) >= 11 is 0. The molecule has 2 aromatic carbocycles. The summed E-state index contributed by atoms with van der Waals surface area (Å²) in [5, 5.41) is 10.9. The summed E-state index contributed by atoms with van der Waals surface area (Å²) in [5.74, 6) is -1.06. The van der Waals surface area contributed by atoms with Gasteiger partial charge in [0.2, 0.25) is 0 Å². The molecule has 1 aliphatic rings. The lowest BCUT2D eigenvalue weighted by Gasteiger charge is -2.26. The van der Waals surface area contributed by atoms with Crippen LogP contribution in [0.3, 0.4) is 0 Å². The van der Waals surface area contributed by atoms with Crippen LogP contribution >= 0.6 is 0 Å². The topological polar surface area (TPSA) is 76.1 Å². The summed E-state index contributed by atoms with van der Waals surface area (Å²) in [7, 11) is 3.05. The molecule has 3 rings (SSSR count). The third-order valence-corrected chi connectivity index (χ3v) is 4.56. The van der Waals surface area contributed by atoms with Crippen molar-refractivity contribution in [1.29, 1.82) is 0 Å². The molecule has 140 valence electrons. The monoisotopic (exact) mass is 367 g/mol. The average Bonchev–Trinajstić information content (AvgIpc) is 2.96. The molecule has 27 heavy (non-hydrogen) atoms. The van der Waals surface area contributed by atoms with Crippen LogP contribution in [0.1, 0.15) is 17.2 Å². The number of methoxy groups -OCH3 is 2. The van der Waals surface area contributed by atoms with Crippen molar-refractivity contribution >= 4 is 17.4 Å². The van der Waals surface area contributed by atoms with Crippen LogP contribution in [0.4, 0.5) is 0 Å². The SMILES string of the molecule is COCCN1C(=O)C(=O)C(=C(O)c2ccccc2)[C@H]1c1ccccc1OC. The number of hydrogen-bond donors (Lipinski definition) is 1. The molecule has 0 radical (unpaired) electrons. The van der Waals surface area contributed by atoms with Gasteiger partial charge in [0.25, 0.3) is 11.7 Å². The summed E-state index contributed by atoms with van der Waals surface area (Å²) < 4.78 is 10.5. The van der Waals surface area contributed by atoms with E-state index in [4.69, 9.17) is 9.47 Å². The Labute approximate surface area is 157 Å². The van der Waals surface area contributed by atoms with Gasteiger partial charge in [-0.1, -0.05) is 48.5 Å². The highest BCUT2D eigenvalue weighted by atomic mass is 16.5. The number of rotatable bonds is 6. The minimum atomic E-state index is -0.753. The second-order valence-electron chi connectivity index (χ2n) is 6.09. The fourth-order valence-electron chi connectivity index (χ4n) is 3.27. The lowest BCUT2D eigenvalue weighted by atomic mass is 9.94. The quantitative estimate of drug-likeness (QED) is 0.483. The molecule has 0 unspecified atom stereocenters. The molecule has 0 spiro atoms. The number of aliphatic hydroxyl groups is 1. The number of para-hydroxylation sites is 1. The van der Waals surface area contributed by atoms with E-state index in [2.05, 4.69) is 0 Å². The minimum Gasteiger partial charge on any atom is -0.507 e. The zero-order valence-corrected chi connectivity index (χ0v) is 15.2. The zero-order chi connectivity index (χ0) is 19.4. The van der Waals surface area contributed by atoms with Crippen LogP contribution in [0.2, 0.25) is 0 Å². The highest BCUT2D eigenvalue weighted by Crippen LogP contribution is 2.42. The predicted molar refractivity (Wildman–Crippen MR) is 100 cm³/mol. The molecular weight excluding hydrogens is 346 g/mol. The number of carbonyl (C=O) groups is 2. The fourth-order valence-corrected chi connectivity index (χ4v) is 3.27. The van der Waals surface area contributed by atoms with Crippen molar-refractivity contribution < 1.29 is 24.2 Å². The molecular formula is C21H21NO5. The Balaban J connectivity index is 2.20. The standard InChI is InChI=1S/C21H21NO5/c1-26-13-12-22-18(15-10-6-7-11-16(15)27-2)17(20(24)21(22)25)19(23)14-8-4-3-5-9-14/h3-11,18,23H,12-13H2,1-2H3/t18-/m1/s1. The van der Waals surface area contributed by atoms with Gasteiger partial charge in [-0.3, -0.25) is 9.59 Å². The van der Waals surface area contributed by atoms with Crippen LogP contribution in [0.15, 0.2) is 60.2 Å². The van der Waals surface area contributed by atoms with Crippen molar-refractivity contribution in [3.8, 4) is 5.75 Å². The van der Waals surface area contributed by atoms with Crippen molar-refractivity contribution in [2.75, 3.05) is 27.4 Å². The number of hydrogen-bond acceptors (Lipinski definition) is 5. The molecule has 0 aromatic heterocycles. The van der Waals surface area contributed by atoms with Gasteiger partial charge >= 0.3 is 0 Å². The summed E-state index contributed by atoms with van der Waals surface area (Å²) in [6.45, 7) is 0.486. The van der Waals surface area contributed by atoms with Crippen molar-refractivity contribution in [1.82, 2.24) is 4.90 Å². The molecule has 1 fully saturated rings. The van der Waals surface area contributed by atoms with E-state index < -0.39 is 17.7 Å². The Morgan fingerprint density at radius 1 is 1.04 bits per heavy atom. The van der Waals surface area contributed by atoms with Crippen LogP contribution in [-0.2, 0) is 14.3 Å².